The van der Waals surface area contributed by atoms with E-state index < -0.39 is 0 Å². The fourth-order valence-corrected chi connectivity index (χ4v) is 5.02. The number of likely N-dealkylation sites (tertiary alicyclic amines) is 1. The van der Waals surface area contributed by atoms with Gasteiger partial charge in [0.15, 0.2) is 5.65 Å². The van der Waals surface area contributed by atoms with Crippen molar-refractivity contribution in [1.29, 1.82) is 0 Å². The number of hydrogen-bond acceptors (Lipinski definition) is 5. The van der Waals surface area contributed by atoms with Crippen LogP contribution in [0.25, 0.3) is 11.2 Å². The number of amides is 1. The molecule has 1 aliphatic heterocycles. The van der Waals surface area contributed by atoms with Crippen molar-refractivity contribution in [2.75, 3.05) is 19.7 Å². The van der Waals surface area contributed by atoms with Crippen LogP contribution in [0.5, 0.6) is 0 Å². The zero-order valence-electron chi connectivity index (χ0n) is 21.1. The summed E-state index contributed by atoms with van der Waals surface area (Å²) in [5, 5.41) is 0. The SMILES string of the molecule is CC(COC(=O)N1CCC(n2c(=O)[nH]c3ncccc32)CC1)N(Cc1ccccc1)Cc1ccccc1. The lowest BCUT2D eigenvalue weighted by atomic mass is 10.1. The van der Waals surface area contributed by atoms with Gasteiger partial charge in [-0.1, -0.05) is 60.7 Å². The average molecular weight is 500 g/mol. The van der Waals surface area contributed by atoms with Crippen LogP contribution in [0.15, 0.2) is 83.8 Å². The van der Waals surface area contributed by atoms with Gasteiger partial charge in [0.25, 0.3) is 0 Å². The van der Waals surface area contributed by atoms with E-state index in [1.807, 2.05) is 48.5 Å². The van der Waals surface area contributed by atoms with E-state index in [0.717, 1.165) is 18.6 Å². The predicted octanol–water partition coefficient (Wildman–Crippen LogP) is 4.59. The van der Waals surface area contributed by atoms with Crippen LogP contribution in [-0.4, -0.2) is 56.2 Å². The van der Waals surface area contributed by atoms with E-state index in [0.29, 0.717) is 38.2 Å². The third kappa shape index (κ3) is 5.91. The number of imidazole rings is 1. The minimum Gasteiger partial charge on any atom is -0.448 e. The number of nitrogens with zero attached hydrogens (tertiary/aromatic N) is 4. The molecule has 1 amide bonds. The fraction of sp³-hybridized carbons (Fsp3) is 0.345. The van der Waals surface area contributed by atoms with E-state index in [4.69, 9.17) is 4.74 Å². The van der Waals surface area contributed by atoms with Crippen molar-refractivity contribution in [1.82, 2.24) is 24.3 Å². The first-order valence-electron chi connectivity index (χ1n) is 12.9. The van der Waals surface area contributed by atoms with Crippen molar-refractivity contribution in [3.8, 4) is 0 Å². The molecule has 1 saturated heterocycles. The summed E-state index contributed by atoms with van der Waals surface area (Å²) >= 11 is 0. The second kappa shape index (κ2) is 11.4. The summed E-state index contributed by atoms with van der Waals surface area (Å²) in [4.78, 5) is 36.6. The van der Waals surface area contributed by atoms with E-state index in [9.17, 15) is 9.59 Å². The summed E-state index contributed by atoms with van der Waals surface area (Å²) in [6, 6.07) is 24.5. The molecule has 1 fully saturated rings. The van der Waals surface area contributed by atoms with Gasteiger partial charge < -0.3 is 9.64 Å². The Kier molecular flexibility index (Phi) is 7.65. The molecule has 0 saturated carbocycles. The van der Waals surface area contributed by atoms with Crippen LogP contribution in [0.4, 0.5) is 4.79 Å². The first-order valence-corrected chi connectivity index (χ1v) is 12.9. The van der Waals surface area contributed by atoms with Gasteiger partial charge in [0.05, 0.1) is 5.52 Å². The summed E-state index contributed by atoms with van der Waals surface area (Å²) < 4.78 is 7.56. The summed E-state index contributed by atoms with van der Waals surface area (Å²) in [5.74, 6) is 0. The molecule has 2 aromatic heterocycles. The van der Waals surface area contributed by atoms with Gasteiger partial charge in [-0.05, 0) is 43.0 Å². The van der Waals surface area contributed by atoms with E-state index in [1.165, 1.54) is 11.1 Å². The lowest BCUT2D eigenvalue weighted by Crippen LogP contribution is -2.42. The van der Waals surface area contributed by atoms with Gasteiger partial charge in [-0.15, -0.1) is 0 Å². The summed E-state index contributed by atoms with van der Waals surface area (Å²) in [6.45, 7) is 5.06. The number of piperidine rings is 1. The Morgan fingerprint density at radius 1 is 1.00 bits per heavy atom. The molecular weight excluding hydrogens is 466 g/mol. The number of aromatic amines is 1. The number of pyridine rings is 1. The minimum absolute atomic E-state index is 0.0284. The molecule has 0 aliphatic carbocycles. The van der Waals surface area contributed by atoms with Gasteiger partial charge in [-0.25, -0.2) is 14.6 Å². The number of fused-ring (bicyclic) bond motifs is 1. The lowest BCUT2D eigenvalue weighted by molar-refractivity contribution is 0.0567. The highest BCUT2D eigenvalue weighted by Gasteiger charge is 2.27. The number of carbonyl (C=O) groups excluding carboxylic acids is 1. The van der Waals surface area contributed by atoms with E-state index in [2.05, 4.69) is 46.1 Å². The normalized spacial score (nSPS) is 15.2. The Morgan fingerprint density at radius 2 is 1.62 bits per heavy atom. The van der Waals surface area contributed by atoms with Crippen molar-refractivity contribution in [2.45, 2.75) is 44.9 Å². The van der Waals surface area contributed by atoms with Crippen molar-refractivity contribution in [3.63, 3.8) is 0 Å². The highest BCUT2D eigenvalue weighted by atomic mass is 16.6. The zero-order valence-corrected chi connectivity index (χ0v) is 21.1. The molecular formula is C29H33N5O3. The number of benzene rings is 2. The summed E-state index contributed by atoms with van der Waals surface area (Å²) in [6.07, 6.45) is 2.77. The molecule has 192 valence electrons. The van der Waals surface area contributed by atoms with Gasteiger partial charge in [0, 0.05) is 44.5 Å². The third-order valence-electron chi connectivity index (χ3n) is 7.11. The highest BCUT2D eigenvalue weighted by molar-refractivity contribution is 5.70. The third-order valence-corrected chi connectivity index (χ3v) is 7.11. The van der Waals surface area contributed by atoms with Crippen molar-refractivity contribution in [3.05, 3.63) is 101 Å². The zero-order chi connectivity index (χ0) is 25.6. The molecule has 1 aliphatic rings. The second-order valence-electron chi connectivity index (χ2n) is 9.69. The smallest absolute Gasteiger partial charge is 0.409 e. The number of H-pyrrole nitrogens is 1. The molecule has 0 spiro atoms. The standard InChI is InChI=1S/C29H33N5O3/c1-22(33(19-23-9-4-2-5-10-23)20-24-11-6-3-7-12-24)21-37-29(36)32-17-14-25(15-18-32)34-26-13-8-16-30-27(26)31-28(34)35/h2-13,16,22,25H,14-15,17-21H2,1H3,(H,30,31,35). The van der Waals surface area contributed by atoms with Gasteiger partial charge >= 0.3 is 11.8 Å². The second-order valence-corrected chi connectivity index (χ2v) is 9.69. The van der Waals surface area contributed by atoms with Gasteiger partial charge in [-0.3, -0.25) is 14.5 Å². The highest BCUT2D eigenvalue weighted by Crippen LogP contribution is 2.25. The Bertz CT molecular complexity index is 1320. The largest absolute Gasteiger partial charge is 0.448 e. The van der Waals surface area contributed by atoms with Crippen LogP contribution in [0, 0.1) is 0 Å². The van der Waals surface area contributed by atoms with Gasteiger partial charge in [0.2, 0.25) is 0 Å². The molecule has 8 heteroatoms. The Labute approximate surface area is 216 Å². The number of hydrogen-bond donors (Lipinski definition) is 1. The number of rotatable bonds is 8. The Morgan fingerprint density at radius 3 is 2.24 bits per heavy atom. The van der Waals surface area contributed by atoms with E-state index in [1.54, 1.807) is 15.7 Å². The molecule has 4 aromatic rings. The monoisotopic (exact) mass is 499 g/mol. The maximum absolute atomic E-state index is 12.9. The Balaban J connectivity index is 1.17. The molecule has 0 radical (unpaired) electrons. The van der Waals surface area contributed by atoms with Crippen molar-refractivity contribution < 1.29 is 9.53 Å². The number of nitrogens with one attached hydrogen (secondary N) is 1. The van der Waals surface area contributed by atoms with E-state index >= 15 is 0 Å². The van der Waals surface area contributed by atoms with Crippen LogP contribution >= 0.6 is 0 Å². The lowest BCUT2D eigenvalue weighted by Gasteiger charge is -2.33. The molecule has 1 unspecified atom stereocenters. The predicted molar refractivity (Wildman–Crippen MR) is 143 cm³/mol. The van der Waals surface area contributed by atoms with Crippen LogP contribution in [0.3, 0.4) is 0 Å². The first kappa shape index (κ1) is 24.8. The fourth-order valence-electron chi connectivity index (χ4n) is 5.02. The van der Waals surface area contributed by atoms with Gasteiger partial charge in [-0.2, -0.15) is 0 Å². The van der Waals surface area contributed by atoms with Gasteiger partial charge in [0.1, 0.15) is 6.61 Å². The van der Waals surface area contributed by atoms with Crippen molar-refractivity contribution >= 4 is 17.3 Å². The first-order chi connectivity index (χ1) is 18.1. The maximum Gasteiger partial charge on any atom is 0.409 e. The average Bonchev–Trinajstić information content (AvgIpc) is 3.28. The quantitative estimate of drug-likeness (QED) is 0.383. The van der Waals surface area contributed by atoms with E-state index in [-0.39, 0.29) is 23.9 Å². The molecule has 37 heavy (non-hydrogen) atoms. The molecule has 1 N–H and O–H groups in total. The van der Waals surface area contributed by atoms with Crippen LogP contribution in [0.2, 0.25) is 0 Å². The number of ether oxygens (including phenoxy) is 1. The molecule has 8 nitrogen and oxygen atoms in total. The number of aromatic nitrogens is 3. The number of carbonyl (C=O) groups is 1. The molecule has 0 bridgehead atoms. The molecule has 5 rings (SSSR count). The maximum atomic E-state index is 12.9. The molecule has 1 atom stereocenters. The van der Waals surface area contributed by atoms with Crippen LogP contribution in [-0.2, 0) is 17.8 Å². The summed E-state index contributed by atoms with van der Waals surface area (Å²) in [5.41, 5.74) is 3.70. The molecule has 3 heterocycles. The van der Waals surface area contributed by atoms with Crippen LogP contribution in [0.1, 0.15) is 36.9 Å². The minimum atomic E-state index is -0.294. The van der Waals surface area contributed by atoms with Crippen LogP contribution < -0.4 is 5.69 Å². The van der Waals surface area contributed by atoms with Crippen molar-refractivity contribution in [2.24, 2.45) is 0 Å². The summed E-state index contributed by atoms with van der Waals surface area (Å²) in [7, 11) is 0. The Hall–Kier alpha value is -3.91. The molecule has 2 aromatic carbocycles. The topological polar surface area (TPSA) is 83.5 Å².